The Balaban J connectivity index is 1.58. The van der Waals surface area contributed by atoms with E-state index in [0.717, 1.165) is 33.1 Å². The van der Waals surface area contributed by atoms with Crippen molar-refractivity contribution in [1.82, 2.24) is 4.90 Å². The lowest BCUT2D eigenvalue weighted by Crippen LogP contribution is -2.34. The highest BCUT2D eigenvalue weighted by molar-refractivity contribution is 8.16. The number of amides is 1. The van der Waals surface area contributed by atoms with Crippen molar-refractivity contribution in [2.45, 2.75) is 47.6 Å². The summed E-state index contributed by atoms with van der Waals surface area (Å²) in [5, 5.41) is 5.68. The van der Waals surface area contributed by atoms with E-state index in [1.54, 1.807) is 13.0 Å². The number of esters is 1. The predicted octanol–water partition coefficient (Wildman–Crippen LogP) is 5.80. The van der Waals surface area contributed by atoms with Crippen LogP contribution in [0.2, 0.25) is 0 Å². The summed E-state index contributed by atoms with van der Waals surface area (Å²) in [7, 11) is 0. The number of benzene rings is 2. The van der Waals surface area contributed by atoms with Crippen LogP contribution < -0.4 is 14.8 Å². The number of anilines is 1. The molecule has 0 radical (unpaired) electrons. The standard InChI is InChI=1S/C29H33N3O5S/c1-7-35-23-15-21(27-25(28(34)36-8-2)20(6)30-29-32(27)11-12-38-29)9-10-22(23)37-16-24(33)31-26-18(4)13-17(3)14-19(26)5/h9-15,27H,7-8,16H2,1-6H3,(H,31,33)/t27-/m0/s1. The second-order valence-corrected chi connectivity index (χ2v) is 9.95. The second-order valence-electron chi connectivity index (χ2n) is 9.08. The zero-order valence-corrected chi connectivity index (χ0v) is 23.4. The molecular weight excluding hydrogens is 502 g/mol. The number of allylic oxidation sites excluding steroid dienone is 1. The third-order valence-electron chi connectivity index (χ3n) is 6.20. The first-order valence-corrected chi connectivity index (χ1v) is 13.5. The van der Waals surface area contributed by atoms with Gasteiger partial charge in [-0.15, -0.1) is 0 Å². The molecule has 4 rings (SSSR count). The summed E-state index contributed by atoms with van der Waals surface area (Å²) >= 11 is 1.50. The number of aryl methyl sites for hydroxylation is 3. The van der Waals surface area contributed by atoms with Gasteiger partial charge in [0.05, 0.1) is 30.5 Å². The van der Waals surface area contributed by atoms with Gasteiger partial charge in [0.1, 0.15) is 0 Å². The number of rotatable bonds is 9. The minimum absolute atomic E-state index is 0.176. The number of hydrogen-bond acceptors (Lipinski definition) is 8. The lowest BCUT2D eigenvalue weighted by atomic mass is 9.94. The minimum atomic E-state index is -0.433. The number of nitrogens with zero attached hydrogens (tertiary/aromatic N) is 2. The Morgan fingerprint density at radius 1 is 1.00 bits per heavy atom. The number of hydrogen-bond donors (Lipinski definition) is 1. The first-order chi connectivity index (χ1) is 18.2. The molecule has 9 heteroatoms. The van der Waals surface area contributed by atoms with E-state index in [9.17, 15) is 9.59 Å². The smallest absolute Gasteiger partial charge is 0.338 e. The number of amidine groups is 1. The van der Waals surface area contributed by atoms with E-state index in [1.807, 2.05) is 75.4 Å². The molecule has 2 aromatic carbocycles. The number of aliphatic imine (C=N–C) groups is 1. The molecule has 0 spiro atoms. The maximum atomic E-state index is 12.9. The lowest BCUT2D eigenvalue weighted by Gasteiger charge is -2.33. The van der Waals surface area contributed by atoms with Crippen LogP contribution in [0.15, 0.2) is 58.2 Å². The quantitative estimate of drug-likeness (QED) is 0.406. The highest BCUT2D eigenvalue weighted by Gasteiger charge is 2.37. The molecule has 0 fully saturated rings. The number of nitrogens with one attached hydrogen (secondary N) is 1. The molecule has 0 unspecified atom stereocenters. The van der Waals surface area contributed by atoms with E-state index in [0.29, 0.717) is 29.4 Å². The van der Waals surface area contributed by atoms with Crippen LogP contribution >= 0.6 is 11.8 Å². The maximum Gasteiger partial charge on any atom is 0.338 e. The van der Waals surface area contributed by atoms with E-state index >= 15 is 0 Å². The van der Waals surface area contributed by atoms with Crippen molar-refractivity contribution in [3.05, 3.63) is 75.5 Å². The van der Waals surface area contributed by atoms with Crippen LogP contribution in [0, 0.1) is 20.8 Å². The Morgan fingerprint density at radius 2 is 1.74 bits per heavy atom. The van der Waals surface area contributed by atoms with Crippen LogP contribution in [0.5, 0.6) is 11.5 Å². The number of fused-ring (bicyclic) bond motifs is 1. The molecule has 2 heterocycles. The van der Waals surface area contributed by atoms with Crippen LogP contribution in [-0.4, -0.2) is 41.8 Å². The fourth-order valence-electron chi connectivity index (χ4n) is 4.68. The van der Waals surface area contributed by atoms with Crippen LogP contribution in [-0.2, 0) is 14.3 Å². The molecule has 0 aromatic heterocycles. The Morgan fingerprint density at radius 3 is 2.42 bits per heavy atom. The summed E-state index contributed by atoms with van der Waals surface area (Å²) in [5.41, 5.74) is 5.85. The van der Waals surface area contributed by atoms with Crippen molar-refractivity contribution in [2.75, 3.05) is 25.1 Å². The summed E-state index contributed by atoms with van der Waals surface area (Å²) in [6, 6.07) is 9.13. The van der Waals surface area contributed by atoms with Gasteiger partial charge in [0.15, 0.2) is 23.3 Å². The zero-order chi connectivity index (χ0) is 27.4. The Hall–Kier alpha value is -3.72. The van der Waals surface area contributed by atoms with E-state index in [2.05, 4.69) is 10.3 Å². The van der Waals surface area contributed by atoms with Crippen molar-refractivity contribution in [1.29, 1.82) is 0 Å². The zero-order valence-electron chi connectivity index (χ0n) is 22.6. The van der Waals surface area contributed by atoms with Crippen LogP contribution in [0.3, 0.4) is 0 Å². The molecule has 1 amide bonds. The molecule has 1 N–H and O–H groups in total. The summed E-state index contributed by atoms with van der Waals surface area (Å²) < 4.78 is 17.2. The van der Waals surface area contributed by atoms with Crippen molar-refractivity contribution >= 4 is 34.5 Å². The normalized spacial score (nSPS) is 16.2. The van der Waals surface area contributed by atoms with Gasteiger partial charge >= 0.3 is 5.97 Å². The minimum Gasteiger partial charge on any atom is -0.490 e. The van der Waals surface area contributed by atoms with E-state index < -0.39 is 12.0 Å². The number of carbonyl (C=O) groups excluding carboxylic acids is 2. The highest BCUT2D eigenvalue weighted by Crippen LogP contribution is 2.43. The van der Waals surface area contributed by atoms with Crippen molar-refractivity contribution in [3.63, 3.8) is 0 Å². The van der Waals surface area contributed by atoms with Crippen LogP contribution in [0.1, 0.15) is 49.1 Å². The van der Waals surface area contributed by atoms with Crippen LogP contribution in [0.25, 0.3) is 0 Å². The van der Waals surface area contributed by atoms with E-state index in [-0.39, 0.29) is 19.1 Å². The van der Waals surface area contributed by atoms with Crippen molar-refractivity contribution in [2.24, 2.45) is 4.99 Å². The molecule has 0 aliphatic carbocycles. The topological polar surface area (TPSA) is 89.5 Å². The average Bonchev–Trinajstić information content (AvgIpc) is 3.33. The van der Waals surface area contributed by atoms with Crippen molar-refractivity contribution in [3.8, 4) is 11.5 Å². The Bertz CT molecular complexity index is 1320. The monoisotopic (exact) mass is 535 g/mol. The molecule has 0 saturated carbocycles. The summed E-state index contributed by atoms with van der Waals surface area (Å²) in [4.78, 5) is 32.2. The fourth-order valence-corrected chi connectivity index (χ4v) is 5.47. The molecule has 0 bridgehead atoms. The first-order valence-electron chi connectivity index (χ1n) is 12.6. The lowest BCUT2D eigenvalue weighted by molar-refractivity contribution is -0.139. The third-order valence-corrected chi connectivity index (χ3v) is 6.97. The first kappa shape index (κ1) is 27.3. The van der Waals surface area contributed by atoms with E-state index in [1.165, 1.54) is 11.8 Å². The summed E-state index contributed by atoms with van der Waals surface area (Å²) in [6.45, 7) is 11.9. The highest BCUT2D eigenvalue weighted by atomic mass is 32.2. The molecule has 2 aliphatic rings. The van der Waals surface area contributed by atoms with Gasteiger partial charge in [0, 0.05) is 11.9 Å². The fraction of sp³-hybridized carbons (Fsp3) is 0.345. The van der Waals surface area contributed by atoms with Gasteiger partial charge < -0.3 is 24.4 Å². The van der Waals surface area contributed by atoms with Gasteiger partial charge in [-0.05, 0) is 75.8 Å². The summed E-state index contributed by atoms with van der Waals surface area (Å²) in [6.07, 6.45) is 1.91. The van der Waals surface area contributed by atoms with Crippen molar-refractivity contribution < 1.29 is 23.8 Å². The molecule has 200 valence electrons. The largest absolute Gasteiger partial charge is 0.490 e. The van der Waals surface area contributed by atoms with Gasteiger partial charge in [-0.2, -0.15) is 0 Å². The van der Waals surface area contributed by atoms with E-state index in [4.69, 9.17) is 14.2 Å². The van der Waals surface area contributed by atoms with Gasteiger partial charge in [-0.1, -0.05) is 35.5 Å². The number of carbonyl (C=O) groups is 2. The van der Waals surface area contributed by atoms with Gasteiger partial charge in [-0.25, -0.2) is 9.79 Å². The Kier molecular flexibility index (Phi) is 8.46. The van der Waals surface area contributed by atoms with Gasteiger partial charge in [0.2, 0.25) is 0 Å². The van der Waals surface area contributed by atoms with Gasteiger partial charge in [0.25, 0.3) is 5.91 Å². The molecule has 2 aromatic rings. The maximum absolute atomic E-state index is 12.9. The Labute approximate surface area is 227 Å². The summed E-state index contributed by atoms with van der Waals surface area (Å²) in [5.74, 6) is 0.264. The molecule has 1 atom stereocenters. The molecule has 2 aliphatic heterocycles. The molecule has 8 nitrogen and oxygen atoms in total. The number of ether oxygens (including phenoxy) is 3. The third kappa shape index (κ3) is 5.72. The second kappa shape index (κ2) is 11.8. The molecule has 0 saturated heterocycles. The molecular formula is C29H33N3O5S. The SMILES string of the molecule is CCOC(=O)C1=C(C)N=C2SC=CN2[C@H]1c1ccc(OCC(=O)Nc2c(C)cc(C)cc2C)c(OCC)c1. The number of thioether (sulfide) groups is 1. The molecule has 38 heavy (non-hydrogen) atoms. The predicted molar refractivity (Wildman–Crippen MR) is 150 cm³/mol. The average molecular weight is 536 g/mol. The van der Waals surface area contributed by atoms with Gasteiger partial charge in [-0.3, -0.25) is 4.79 Å². The van der Waals surface area contributed by atoms with Crippen LogP contribution in [0.4, 0.5) is 5.69 Å².